The van der Waals surface area contributed by atoms with E-state index in [-0.39, 0.29) is 0 Å². The largest absolute Gasteiger partial charge is 0.493 e. The lowest BCUT2D eigenvalue weighted by Crippen LogP contribution is -2.20. The van der Waals surface area contributed by atoms with Crippen LogP contribution < -0.4 is 14.4 Å². The van der Waals surface area contributed by atoms with Crippen molar-refractivity contribution in [2.45, 2.75) is 6.42 Å². The molecule has 136 valence electrons. The molecular formula is C19H18Cl2N2O3. The van der Waals surface area contributed by atoms with E-state index < -0.39 is 0 Å². The van der Waals surface area contributed by atoms with E-state index in [0.29, 0.717) is 40.4 Å². The molecule has 7 heteroatoms. The van der Waals surface area contributed by atoms with E-state index in [1.165, 1.54) is 0 Å². The van der Waals surface area contributed by atoms with E-state index >= 15 is 0 Å². The van der Waals surface area contributed by atoms with Crippen molar-refractivity contribution in [3.63, 3.8) is 0 Å². The van der Waals surface area contributed by atoms with E-state index in [1.807, 2.05) is 35.2 Å². The minimum absolute atomic E-state index is 0.546. The molecule has 0 aliphatic heterocycles. The van der Waals surface area contributed by atoms with Gasteiger partial charge in [-0.3, -0.25) is 4.98 Å². The van der Waals surface area contributed by atoms with E-state index in [0.717, 1.165) is 11.3 Å². The summed E-state index contributed by atoms with van der Waals surface area (Å²) < 4.78 is 16.3. The van der Waals surface area contributed by atoms with Crippen molar-refractivity contribution < 1.29 is 13.9 Å². The Balaban J connectivity index is 1.92. The first kappa shape index (κ1) is 18.4. The summed E-state index contributed by atoms with van der Waals surface area (Å²) in [5, 5.41) is 1.09. The lowest BCUT2D eigenvalue weighted by atomic mass is 10.1. The summed E-state index contributed by atoms with van der Waals surface area (Å²) >= 11 is 12.5. The van der Waals surface area contributed by atoms with Crippen LogP contribution >= 0.6 is 23.2 Å². The molecule has 0 fully saturated rings. The third-order valence-electron chi connectivity index (χ3n) is 3.99. The van der Waals surface area contributed by atoms with E-state index in [1.54, 1.807) is 32.9 Å². The predicted molar refractivity (Wildman–Crippen MR) is 103 cm³/mol. The van der Waals surface area contributed by atoms with Gasteiger partial charge >= 0.3 is 0 Å². The highest BCUT2D eigenvalue weighted by molar-refractivity contribution is 6.35. The quantitative estimate of drug-likeness (QED) is 0.540. The molecule has 0 bridgehead atoms. The molecule has 0 aliphatic carbocycles. The highest BCUT2D eigenvalue weighted by atomic mass is 35.5. The van der Waals surface area contributed by atoms with Gasteiger partial charge in [0.1, 0.15) is 0 Å². The number of ether oxygens (including phenoxy) is 2. The fourth-order valence-corrected chi connectivity index (χ4v) is 3.24. The van der Waals surface area contributed by atoms with Gasteiger partial charge in [-0.2, -0.15) is 0 Å². The molecule has 0 N–H and O–H groups in total. The minimum Gasteiger partial charge on any atom is -0.493 e. The van der Waals surface area contributed by atoms with Gasteiger partial charge in [-0.05, 0) is 30.2 Å². The Bertz CT molecular complexity index is 849. The van der Waals surface area contributed by atoms with Crippen molar-refractivity contribution in [3.05, 3.63) is 64.6 Å². The van der Waals surface area contributed by atoms with Gasteiger partial charge in [0.2, 0.25) is 0 Å². The molecule has 3 rings (SSSR count). The van der Waals surface area contributed by atoms with Crippen molar-refractivity contribution in [2.75, 3.05) is 25.7 Å². The van der Waals surface area contributed by atoms with Gasteiger partial charge in [0, 0.05) is 36.8 Å². The summed E-state index contributed by atoms with van der Waals surface area (Å²) in [7, 11) is 3.21. The second kappa shape index (κ2) is 8.34. The minimum atomic E-state index is 0.546. The van der Waals surface area contributed by atoms with Crippen LogP contribution in [0.4, 0.5) is 11.6 Å². The van der Waals surface area contributed by atoms with Crippen LogP contribution in [0.5, 0.6) is 11.5 Å². The van der Waals surface area contributed by atoms with Gasteiger partial charge in [-0.25, -0.2) is 0 Å². The maximum atomic E-state index is 6.25. The van der Waals surface area contributed by atoms with Crippen molar-refractivity contribution >= 4 is 34.8 Å². The molecular weight excluding hydrogens is 375 g/mol. The number of aromatic nitrogens is 1. The van der Waals surface area contributed by atoms with E-state index in [2.05, 4.69) is 4.98 Å². The lowest BCUT2D eigenvalue weighted by molar-refractivity contribution is 0.355. The molecule has 0 radical (unpaired) electrons. The molecule has 0 aliphatic rings. The van der Waals surface area contributed by atoms with Gasteiger partial charge in [0.25, 0.3) is 0 Å². The number of rotatable bonds is 7. The van der Waals surface area contributed by atoms with E-state index in [9.17, 15) is 0 Å². The number of anilines is 2. The second-order valence-electron chi connectivity index (χ2n) is 5.47. The number of furan rings is 1. The topological polar surface area (TPSA) is 47.7 Å². The van der Waals surface area contributed by atoms with E-state index in [4.69, 9.17) is 37.1 Å². The Hall–Kier alpha value is -2.37. The van der Waals surface area contributed by atoms with Crippen LogP contribution in [0, 0.1) is 0 Å². The Kier molecular flexibility index (Phi) is 5.91. The molecule has 2 heterocycles. The van der Waals surface area contributed by atoms with Crippen LogP contribution in [-0.4, -0.2) is 25.7 Å². The third-order valence-corrected chi connectivity index (χ3v) is 4.64. The van der Waals surface area contributed by atoms with Gasteiger partial charge in [-0.1, -0.05) is 23.2 Å². The third kappa shape index (κ3) is 3.89. The number of hydrogen-bond donors (Lipinski definition) is 0. The highest BCUT2D eigenvalue weighted by Gasteiger charge is 2.16. The van der Waals surface area contributed by atoms with Gasteiger partial charge in [-0.15, -0.1) is 0 Å². The zero-order chi connectivity index (χ0) is 18.5. The molecule has 0 amide bonds. The smallest absolute Gasteiger partial charge is 0.199 e. The standard InChI is InChI=1S/C19H18Cl2N2O3/c1-24-17-6-5-13(10-18(17)25-2)23(19-4-3-9-26-19)8-7-14-15(20)11-22-12-16(14)21/h3-6,9-12H,7-8H2,1-2H3. The van der Waals surface area contributed by atoms with Crippen molar-refractivity contribution in [1.29, 1.82) is 0 Å². The molecule has 26 heavy (non-hydrogen) atoms. The first-order valence-electron chi connectivity index (χ1n) is 7.95. The van der Waals surface area contributed by atoms with Crippen LogP contribution in [0.1, 0.15) is 5.56 Å². The first-order valence-corrected chi connectivity index (χ1v) is 8.70. The van der Waals surface area contributed by atoms with Gasteiger partial charge in [0.15, 0.2) is 17.4 Å². The molecule has 2 aromatic heterocycles. The van der Waals surface area contributed by atoms with Gasteiger partial charge < -0.3 is 18.8 Å². The van der Waals surface area contributed by atoms with Crippen LogP contribution in [-0.2, 0) is 6.42 Å². The molecule has 0 saturated heterocycles. The Morgan fingerprint density at radius 2 is 1.77 bits per heavy atom. The summed E-state index contributed by atoms with van der Waals surface area (Å²) in [5.74, 6) is 2.01. The lowest BCUT2D eigenvalue weighted by Gasteiger charge is -2.23. The zero-order valence-electron chi connectivity index (χ0n) is 14.4. The summed E-state index contributed by atoms with van der Waals surface area (Å²) in [6.07, 6.45) is 5.44. The molecule has 0 saturated carbocycles. The van der Waals surface area contributed by atoms with Crippen LogP contribution in [0.3, 0.4) is 0 Å². The molecule has 0 spiro atoms. The fraction of sp³-hybridized carbons (Fsp3) is 0.211. The summed E-state index contributed by atoms with van der Waals surface area (Å²) in [4.78, 5) is 6.02. The number of nitrogens with zero attached hydrogens (tertiary/aromatic N) is 2. The molecule has 0 unspecified atom stereocenters. The monoisotopic (exact) mass is 392 g/mol. The average Bonchev–Trinajstić information content (AvgIpc) is 3.18. The molecule has 1 aromatic carbocycles. The number of benzene rings is 1. The highest BCUT2D eigenvalue weighted by Crippen LogP contribution is 2.35. The van der Waals surface area contributed by atoms with Crippen molar-refractivity contribution in [2.24, 2.45) is 0 Å². The fourth-order valence-electron chi connectivity index (χ4n) is 2.68. The summed E-state index contributed by atoms with van der Waals surface area (Å²) in [6.45, 7) is 0.604. The second-order valence-corrected chi connectivity index (χ2v) is 6.29. The molecule has 0 atom stereocenters. The number of hydrogen-bond acceptors (Lipinski definition) is 5. The first-order chi connectivity index (χ1) is 12.6. The maximum Gasteiger partial charge on any atom is 0.199 e. The van der Waals surface area contributed by atoms with Crippen LogP contribution in [0.2, 0.25) is 10.0 Å². The maximum absolute atomic E-state index is 6.25. The predicted octanol–water partition coefficient (Wildman–Crippen LogP) is 5.38. The SMILES string of the molecule is COc1ccc(N(CCc2c(Cl)cncc2Cl)c2ccco2)cc1OC. The van der Waals surface area contributed by atoms with Gasteiger partial charge in [0.05, 0.1) is 30.5 Å². The van der Waals surface area contributed by atoms with Crippen molar-refractivity contribution in [3.8, 4) is 11.5 Å². The van der Waals surface area contributed by atoms with Crippen LogP contribution in [0.15, 0.2) is 53.4 Å². The number of methoxy groups -OCH3 is 2. The number of halogens is 2. The normalized spacial score (nSPS) is 10.6. The molecule has 3 aromatic rings. The number of pyridine rings is 1. The Morgan fingerprint density at radius 3 is 2.38 bits per heavy atom. The zero-order valence-corrected chi connectivity index (χ0v) is 15.9. The summed E-state index contributed by atoms with van der Waals surface area (Å²) in [6, 6.07) is 9.44. The summed E-state index contributed by atoms with van der Waals surface area (Å²) in [5.41, 5.74) is 1.75. The van der Waals surface area contributed by atoms with Crippen LogP contribution in [0.25, 0.3) is 0 Å². The molecule has 5 nitrogen and oxygen atoms in total. The van der Waals surface area contributed by atoms with Crippen molar-refractivity contribution in [1.82, 2.24) is 4.98 Å². The average molecular weight is 393 g/mol. The Morgan fingerprint density at radius 1 is 1.04 bits per heavy atom. The Labute approximate surface area is 162 Å².